The van der Waals surface area contributed by atoms with Gasteiger partial charge in [-0.15, -0.1) is 0 Å². The molecule has 0 bridgehead atoms. The highest BCUT2D eigenvalue weighted by atomic mass is 32.2. The number of ether oxygens (including phenoxy) is 2. The molecule has 0 aliphatic carbocycles. The molecule has 0 N–H and O–H groups in total. The lowest BCUT2D eigenvalue weighted by atomic mass is 10.2. The predicted molar refractivity (Wildman–Crippen MR) is 139 cm³/mol. The number of fused-ring (bicyclic) bond motifs is 1. The van der Waals surface area contributed by atoms with Crippen LogP contribution >= 0.6 is 24.0 Å². The van der Waals surface area contributed by atoms with Gasteiger partial charge in [0, 0.05) is 39.5 Å². The number of thioether (sulfide) groups is 1. The van der Waals surface area contributed by atoms with E-state index in [-0.39, 0.29) is 17.6 Å². The normalized spacial score (nSPS) is 17.7. The molecular formula is C23H27N5O5S2. The number of nitrogens with zero attached hydrogens (tertiary/aromatic N) is 5. The van der Waals surface area contributed by atoms with Crippen LogP contribution < -0.4 is 10.5 Å². The van der Waals surface area contributed by atoms with Crippen molar-refractivity contribution in [1.82, 2.24) is 19.2 Å². The van der Waals surface area contributed by atoms with Crippen LogP contribution in [0.3, 0.4) is 0 Å². The molecule has 0 spiro atoms. The minimum absolute atomic E-state index is 0.260. The number of hydrogen-bond donors (Lipinski definition) is 0. The van der Waals surface area contributed by atoms with E-state index in [2.05, 4.69) is 0 Å². The van der Waals surface area contributed by atoms with Crippen molar-refractivity contribution in [3.63, 3.8) is 0 Å². The van der Waals surface area contributed by atoms with Gasteiger partial charge in [-0.25, -0.2) is 9.78 Å². The maximum absolute atomic E-state index is 13.6. The van der Waals surface area contributed by atoms with Gasteiger partial charge < -0.3 is 19.3 Å². The molecule has 2 aromatic heterocycles. The van der Waals surface area contributed by atoms with Crippen LogP contribution in [0.15, 0.2) is 28.0 Å². The molecule has 10 nitrogen and oxygen atoms in total. The van der Waals surface area contributed by atoms with Gasteiger partial charge in [-0.2, -0.15) is 0 Å². The maximum Gasteiger partial charge on any atom is 0.409 e. The number of carbonyl (C=O) groups is 2. The number of methoxy groups -OCH3 is 1. The standard InChI is InChI=1S/C23H27N5O5S2/c1-4-33-22(31)26-10-8-25(9-11-26)19-16(20(29)27-7-5-6-15(2)18(27)24-19)14-17-21(30)28(12-13-32-3)23(34)35-17/h5-7,14H,4,8-13H2,1-3H3/b17-14+. The van der Waals surface area contributed by atoms with E-state index in [9.17, 15) is 14.4 Å². The second-order valence-corrected chi connectivity index (χ2v) is 9.71. The van der Waals surface area contributed by atoms with E-state index in [1.165, 1.54) is 9.30 Å². The van der Waals surface area contributed by atoms with E-state index < -0.39 is 0 Å². The van der Waals surface area contributed by atoms with Crippen molar-refractivity contribution in [1.29, 1.82) is 0 Å². The van der Waals surface area contributed by atoms with Crippen LogP contribution in [0.2, 0.25) is 0 Å². The summed E-state index contributed by atoms with van der Waals surface area (Å²) < 4.78 is 12.1. The zero-order valence-electron chi connectivity index (χ0n) is 19.9. The number of aromatic nitrogens is 2. The molecule has 0 unspecified atom stereocenters. The second kappa shape index (κ2) is 10.8. The fourth-order valence-electron chi connectivity index (χ4n) is 3.99. The average Bonchev–Trinajstić information content (AvgIpc) is 3.12. The molecule has 0 atom stereocenters. The summed E-state index contributed by atoms with van der Waals surface area (Å²) in [6, 6.07) is 3.68. The van der Waals surface area contributed by atoms with Gasteiger partial charge in [0.1, 0.15) is 15.8 Å². The number of aryl methyl sites for hydroxylation is 1. The number of carbonyl (C=O) groups excluding carboxylic acids is 2. The number of rotatable bonds is 6. The van der Waals surface area contributed by atoms with Gasteiger partial charge in [0.2, 0.25) is 0 Å². The van der Waals surface area contributed by atoms with Gasteiger partial charge in [-0.3, -0.25) is 18.9 Å². The first-order valence-corrected chi connectivity index (χ1v) is 12.5. The van der Waals surface area contributed by atoms with Crippen LogP contribution in [-0.2, 0) is 14.3 Å². The lowest BCUT2D eigenvalue weighted by Gasteiger charge is -2.35. The van der Waals surface area contributed by atoms with E-state index in [1.54, 1.807) is 37.3 Å². The largest absolute Gasteiger partial charge is 0.450 e. The van der Waals surface area contributed by atoms with E-state index >= 15 is 0 Å². The SMILES string of the molecule is CCOC(=O)N1CCN(c2nc3c(C)cccn3c(=O)c2/C=C2/SC(=S)N(CCOC)C2=O)CC1. The molecule has 12 heteroatoms. The van der Waals surface area contributed by atoms with Crippen LogP contribution in [0.1, 0.15) is 18.1 Å². The zero-order chi connectivity index (χ0) is 25.1. The van der Waals surface area contributed by atoms with Crippen LogP contribution in [0.5, 0.6) is 0 Å². The third-order valence-electron chi connectivity index (χ3n) is 5.84. The van der Waals surface area contributed by atoms with Crippen molar-refractivity contribution in [2.75, 3.05) is 57.9 Å². The first-order valence-electron chi connectivity index (χ1n) is 11.3. The van der Waals surface area contributed by atoms with Crippen molar-refractivity contribution < 1.29 is 19.1 Å². The summed E-state index contributed by atoms with van der Waals surface area (Å²) in [5, 5.41) is 0. The van der Waals surface area contributed by atoms with E-state index in [0.29, 0.717) is 72.2 Å². The Labute approximate surface area is 212 Å². The third-order valence-corrected chi connectivity index (χ3v) is 7.22. The lowest BCUT2D eigenvalue weighted by molar-refractivity contribution is -0.122. The molecule has 2 saturated heterocycles. The number of amides is 2. The summed E-state index contributed by atoms with van der Waals surface area (Å²) >= 11 is 6.54. The molecular weight excluding hydrogens is 490 g/mol. The molecule has 4 heterocycles. The van der Waals surface area contributed by atoms with Gasteiger partial charge in [0.25, 0.3) is 11.5 Å². The molecule has 2 aromatic rings. The number of pyridine rings is 1. The van der Waals surface area contributed by atoms with E-state index in [4.69, 9.17) is 26.7 Å². The highest BCUT2D eigenvalue weighted by Gasteiger charge is 2.33. The average molecular weight is 518 g/mol. The van der Waals surface area contributed by atoms with Crippen LogP contribution in [0.25, 0.3) is 11.7 Å². The Morgan fingerprint density at radius 1 is 1.26 bits per heavy atom. The molecule has 2 amide bonds. The van der Waals surface area contributed by atoms with Crippen molar-refractivity contribution >= 4 is 57.8 Å². The molecule has 35 heavy (non-hydrogen) atoms. The molecule has 0 aromatic carbocycles. The van der Waals surface area contributed by atoms with Gasteiger partial charge >= 0.3 is 6.09 Å². The summed E-state index contributed by atoms with van der Waals surface area (Å²) in [6.45, 7) is 6.50. The summed E-state index contributed by atoms with van der Waals surface area (Å²) in [6.07, 6.45) is 2.90. The number of anilines is 1. The van der Waals surface area contributed by atoms with Gasteiger partial charge in [-0.1, -0.05) is 30.0 Å². The first kappa shape index (κ1) is 25.1. The van der Waals surface area contributed by atoms with Crippen molar-refractivity contribution in [3.8, 4) is 0 Å². The molecule has 2 aliphatic heterocycles. The quantitative estimate of drug-likeness (QED) is 0.422. The molecule has 2 aliphatic rings. The third kappa shape index (κ3) is 5.04. The van der Waals surface area contributed by atoms with Gasteiger partial charge in [0.05, 0.1) is 30.2 Å². The predicted octanol–water partition coefficient (Wildman–Crippen LogP) is 2.13. The summed E-state index contributed by atoms with van der Waals surface area (Å²) in [7, 11) is 1.56. The Kier molecular flexibility index (Phi) is 7.72. The topological polar surface area (TPSA) is 96.7 Å². The summed E-state index contributed by atoms with van der Waals surface area (Å²) in [5.74, 6) is 0.221. The smallest absolute Gasteiger partial charge is 0.409 e. The first-order chi connectivity index (χ1) is 16.8. The fraction of sp³-hybridized carbons (Fsp3) is 0.435. The number of thiocarbonyl (C=S) groups is 1. The Balaban J connectivity index is 1.74. The monoisotopic (exact) mass is 517 g/mol. The highest BCUT2D eigenvalue weighted by molar-refractivity contribution is 8.26. The fourth-order valence-corrected chi connectivity index (χ4v) is 5.28. The Hall–Kier alpha value is -2.96. The molecule has 0 saturated carbocycles. The van der Waals surface area contributed by atoms with E-state index in [1.807, 2.05) is 17.9 Å². The summed E-state index contributed by atoms with van der Waals surface area (Å²) in [4.78, 5) is 49.0. The number of piperazine rings is 1. The molecule has 186 valence electrons. The van der Waals surface area contributed by atoms with Gasteiger partial charge in [-0.05, 0) is 31.6 Å². The Morgan fingerprint density at radius 2 is 2.00 bits per heavy atom. The highest BCUT2D eigenvalue weighted by Crippen LogP contribution is 2.33. The zero-order valence-corrected chi connectivity index (χ0v) is 21.5. The van der Waals surface area contributed by atoms with Crippen molar-refractivity contribution in [3.05, 3.63) is 44.7 Å². The van der Waals surface area contributed by atoms with Gasteiger partial charge in [0.15, 0.2) is 0 Å². The molecule has 0 radical (unpaired) electrons. The maximum atomic E-state index is 13.6. The summed E-state index contributed by atoms with van der Waals surface area (Å²) in [5.41, 5.74) is 1.44. The van der Waals surface area contributed by atoms with Crippen LogP contribution in [-0.4, -0.2) is 88.6 Å². The molecule has 2 fully saturated rings. The lowest BCUT2D eigenvalue weighted by Crippen LogP contribution is -2.49. The Morgan fingerprint density at radius 3 is 2.69 bits per heavy atom. The van der Waals surface area contributed by atoms with Crippen molar-refractivity contribution in [2.24, 2.45) is 0 Å². The van der Waals surface area contributed by atoms with Crippen molar-refractivity contribution in [2.45, 2.75) is 13.8 Å². The number of hydrogen-bond acceptors (Lipinski definition) is 9. The minimum Gasteiger partial charge on any atom is -0.450 e. The van der Waals surface area contributed by atoms with Crippen LogP contribution in [0, 0.1) is 6.92 Å². The molecule has 4 rings (SSSR count). The second-order valence-electron chi connectivity index (χ2n) is 8.04. The minimum atomic E-state index is -0.352. The van der Waals surface area contributed by atoms with Crippen LogP contribution in [0.4, 0.5) is 10.6 Å². The van der Waals surface area contributed by atoms with E-state index in [0.717, 1.165) is 17.3 Å². The Bertz CT molecular complexity index is 1250.